The molecule has 0 aliphatic heterocycles. The molecule has 0 aliphatic rings. The van der Waals surface area contributed by atoms with Gasteiger partial charge >= 0.3 is 5.97 Å². The third kappa shape index (κ3) is 2.46. The van der Waals surface area contributed by atoms with Gasteiger partial charge in [-0.05, 0) is 6.92 Å². The molecule has 8 heteroatoms. The summed E-state index contributed by atoms with van der Waals surface area (Å²) in [6.07, 6.45) is 1.48. The van der Waals surface area contributed by atoms with Crippen LogP contribution in [0.4, 0.5) is 5.69 Å². The zero-order chi connectivity index (χ0) is 14.0. The van der Waals surface area contributed by atoms with Crippen molar-refractivity contribution in [2.45, 2.75) is 6.92 Å². The number of rotatable bonds is 3. The predicted molar refractivity (Wildman–Crippen MR) is 66.2 cm³/mol. The number of nitrogens with zero attached hydrogens (tertiary/aromatic N) is 4. The van der Waals surface area contributed by atoms with Crippen LogP contribution in [0.1, 0.15) is 16.3 Å². The molecule has 0 amide bonds. The lowest BCUT2D eigenvalue weighted by molar-refractivity contribution is 0.0594. The van der Waals surface area contributed by atoms with Gasteiger partial charge in [0, 0.05) is 6.07 Å². The first-order valence-corrected chi connectivity index (χ1v) is 5.38. The number of anilines is 1. The van der Waals surface area contributed by atoms with Gasteiger partial charge in [-0.2, -0.15) is 10.1 Å². The van der Waals surface area contributed by atoms with Gasteiger partial charge in [0.05, 0.1) is 26.1 Å². The number of hydrogen-bond donors (Lipinski definition) is 1. The second kappa shape index (κ2) is 4.92. The first-order valence-electron chi connectivity index (χ1n) is 5.38. The Morgan fingerprint density at radius 3 is 2.74 bits per heavy atom. The van der Waals surface area contributed by atoms with Gasteiger partial charge in [-0.25, -0.2) is 14.5 Å². The van der Waals surface area contributed by atoms with Crippen LogP contribution in [0.15, 0.2) is 12.3 Å². The van der Waals surface area contributed by atoms with E-state index < -0.39 is 5.97 Å². The largest absolute Gasteiger partial charge is 0.481 e. The number of nitrogens with two attached hydrogens (primary N) is 1. The second-order valence-corrected chi connectivity index (χ2v) is 3.68. The highest BCUT2D eigenvalue weighted by Gasteiger charge is 2.16. The number of carbonyl (C=O) groups is 1. The molecule has 0 saturated carbocycles. The van der Waals surface area contributed by atoms with Gasteiger partial charge in [0.2, 0.25) is 5.88 Å². The lowest BCUT2D eigenvalue weighted by Gasteiger charge is -2.04. The van der Waals surface area contributed by atoms with Crippen molar-refractivity contribution in [3.63, 3.8) is 0 Å². The maximum atomic E-state index is 11.4. The predicted octanol–water partition coefficient (Wildman–Crippen LogP) is 0.348. The lowest BCUT2D eigenvalue weighted by atomic mass is 10.4. The average Bonchev–Trinajstić information content (AvgIpc) is 2.79. The van der Waals surface area contributed by atoms with E-state index in [9.17, 15) is 4.79 Å². The van der Waals surface area contributed by atoms with Crippen molar-refractivity contribution < 1.29 is 14.3 Å². The zero-order valence-electron chi connectivity index (χ0n) is 10.7. The molecule has 0 unspecified atom stereocenters. The Hall–Kier alpha value is -2.64. The maximum Gasteiger partial charge on any atom is 0.360 e. The topological polar surface area (TPSA) is 105 Å². The highest BCUT2D eigenvalue weighted by Crippen LogP contribution is 2.16. The summed E-state index contributed by atoms with van der Waals surface area (Å²) in [6.45, 7) is 1.72. The summed E-state index contributed by atoms with van der Waals surface area (Å²) in [5, 5.41) is 4.04. The van der Waals surface area contributed by atoms with Crippen LogP contribution in [-0.2, 0) is 4.74 Å². The van der Waals surface area contributed by atoms with Crippen LogP contribution in [-0.4, -0.2) is 39.9 Å². The molecule has 0 atom stereocenters. The third-order valence-electron chi connectivity index (χ3n) is 2.37. The molecule has 0 aliphatic carbocycles. The molecule has 0 fully saturated rings. The molecule has 2 rings (SSSR count). The molecule has 2 heterocycles. The van der Waals surface area contributed by atoms with Gasteiger partial charge < -0.3 is 15.2 Å². The van der Waals surface area contributed by atoms with Crippen LogP contribution in [0.3, 0.4) is 0 Å². The third-order valence-corrected chi connectivity index (χ3v) is 2.37. The summed E-state index contributed by atoms with van der Waals surface area (Å²) in [5.41, 5.74) is 5.95. The minimum absolute atomic E-state index is 0.0396. The molecular weight excluding hydrogens is 250 g/mol. The fourth-order valence-corrected chi connectivity index (χ4v) is 1.51. The van der Waals surface area contributed by atoms with Crippen LogP contribution in [0, 0.1) is 6.92 Å². The number of hydrogen-bond acceptors (Lipinski definition) is 7. The fraction of sp³-hybridized carbons (Fsp3) is 0.273. The van der Waals surface area contributed by atoms with Crippen molar-refractivity contribution >= 4 is 11.7 Å². The van der Waals surface area contributed by atoms with Gasteiger partial charge in [0.25, 0.3) is 0 Å². The molecule has 19 heavy (non-hydrogen) atoms. The van der Waals surface area contributed by atoms with E-state index in [1.54, 1.807) is 13.0 Å². The van der Waals surface area contributed by atoms with E-state index in [2.05, 4.69) is 19.8 Å². The van der Waals surface area contributed by atoms with Crippen molar-refractivity contribution in [2.24, 2.45) is 0 Å². The zero-order valence-corrected chi connectivity index (χ0v) is 10.7. The maximum absolute atomic E-state index is 11.4. The van der Waals surface area contributed by atoms with Gasteiger partial charge in [0.1, 0.15) is 5.82 Å². The number of nitrogen functional groups attached to an aromatic ring is 1. The van der Waals surface area contributed by atoms with Crippen LogP contribution < -0.4 is 10.5 Å². The number of aryl methyl sites for hydroxylation is 1. The molecule has 8 nitrogen and oxygen atoms in total. The normalized spacial score (nSPS) is 10.3. The van der Waals surface area contributed by atoms with Crippen molar-refractivity contribution in [2.75, 3.05) is 20.0 Å². The molecule has 0 radical (unpaired) electrons. The van der Waals surface area contributed by atoms with Gasteiger partial charge in [-0.15, -0.1) is 0 Å². The highest BCUT2D eigenvalue weighted by molar-refractivity contribution is 5.92. The number of aromatic nitrogens is 4. The fourth-order valence-electron chi connectivity index (χ4n) is 1.51. The molecule has 100 valence electrons. The second-order valence-electron chi connectivity index (χ2n) is 3.68. The van der Waals surface area contributed by atoms with Crippen LogP contribution >= 0.6 is 0 Å². The Morgan fingerprint density at radius 2 is 2.11 bits per heavy atom. The summed E-state index contributed by atoms with van der Waals surface area (Å²) in [5.74, 6) is 0.763. The van der Waals surface area contributed by atoms with Crippen molar-refractivity contribution in [3.05, 3.63) is 23.8 Å². The van der Waals surface area contributed by atoms with Crippen molar-refractivity contribution in [3.8, 4) is 11.7 Å². The van der Waals surface area contributed by atoms with E-state index in [0.29, 0.717) is 17.5 Å². The summed E-state index contributed by atoms with van der Waals surface area (Å²) in [4.78, 5) is 19.7. The number of ether oxygens (including phenoxy) is 2. The minimum Gasteiger partial charge on any atom is -0.481 e. The minimum atomic E-state index is -0.603. The van der Waals surface area contributed by atoms with E-state index in [4.69, 9.17) is 10.5 Å². The molecule has 0 bridgehead atoms. The monoisotopic (exact) mass is 263 g/mol. The standard InChI is InChI=1S/C11H13N5O3/c1-6-13-8(4-9(14-6)18-2)16-5-7(12)10(15-16)11(17)19-3/h4-5H,12H2,1-3H3. The molecule has 2 aromatic rings. The van der Waals surface area contributed by atoms with Crippen LogP contribution in [0.5, 0.6) is 5.88 Å². The van der Waals surface area contributed by atoms with Crippen molar-refractivity contribution in [1.82, 2.24) is 19.7 Å². The van der Waals surface area contributed by atoms with Gasteiger partial charge in [-0.3, -0.25) is 0 Å². The number of carbonyl (C=O) groups excluding carboxylic acids is 1. The van der Waals surface area contributed by atoms with Gasteiger partial charge in [0.15, 0.2) is 11.5 Å². The first-order chi connectivity index (χ1) is 9.05. The quantitative estimate of drug-likeness (QED) is 0.796. The molecular formula is C11H13N5O3. The summed E-state index contributed by atoms with van der Waals surface area (Å²) in [7, 11) is 2.77. The van der Waals surface area contributed by atoms with E-state index >= 15 is 0 Å². The van der Waals surface area contributed by atoms with E-state index in [0.717, 1.165) is 0 Å². The van der Waals surface area contributed by atoms with E-state index in [1.165, 1.54) is 25.1 Å². The van der Waals surface area contributed by atoms with E-state index in [1.807, 2.05) is 0 Å². The SMILES string of the molecule is COC(=O)c1nn(-c2cc(OC)nc(C)n2)cc1N. The Labute approximate surface area is 109 Å². The molecule has 0 spiro atoms. The Kier molecular flexibility index (Phi) is 3.32. The molecule has 0 aromatic carbocycles. The van der Waals surface area contributed by atoms with Crippen LogP contribution in [0.25, 0.3) is 5.82 Å². The van der Waals surface area contributed by atoms with Crippen LogP contribution in [0.2, 0.25) is 0 Å². The molecule has 2 aromatic heterocycles. The summed E-state index contributed by atoms with van der Waals surface area (Å²) in [6, 6.07) is 1.58. The average molecular weight is 263 g/mol. The first kappa shape index (κ1) is 12.8. The smallest absolute Gasteiger partial charge is 0.360 e. The highest BCUT2D eigenvalue weighted by atomic mass is 16.5. The lowest BCUT2D eigenvalue weighted by Crippen LogP contribution is -2.07. The summed E-state index contributed by atoms with van der Waals surface area (Å²) < 4.78 is 11.0. The number of methoxy groups -OCH3 is 2. The number of esters is 1. The molecule has 2 N–H and O–H groups in total. The Bertz CT molecular complexity index is 623. The van der Waals surface area contributed by atoms with E-state index in [-0.39, 0.29) is 11.4 Å². The van der Waals surface area contributed by atoms with Gasteiger partial charge in [-0.1, -0.05) is 0 Å². The summed E-state index contributed by atoms with van der Waals surface area (Å²) >= 11 is 0. The van der Waals surface area contributed by atoms with Crippen molar-refractivity contribution in [1.29, 1.82) is 0 Å². The Balaban J connectivity index is 2.48. The Morgan fingerprint density at radius 1 is 1.37 bits per heavy atom. The molecule has 0 saturated heterocycles.